The van der Waals surface area contributed by atoms with Crippen LogP contribution in [0, 0.1) is 16.7 Å². The zero-order valence-corrected chi connectivity index (χ0v) is 20.7. The molecule has 1 fully saturated rings. The third kappa shape index (κ3) is 7.95. The Balaban J connectivity index is 1.79. The molecule has 0 aliphatic heterocycles. The van der Waals surface area contributed by atoms with Crippen molar-refractivity contribution < 1.29 is 0 Å². The van der Waals surface area contributed by atoms with Crippen LogP contribution in [0.1, 0.15) is 119 Å². The highest BCUT2D eigenvalue weighted by atomic mass is 14.5. The first kappa shape index (κ1) is 24.2. The van der Waals surface area contributed by atoms with Crippen LogP contribution in [0.2, 0.25) is 0 Å². The molecule has 2 rings (SSSR count). The molecule has 0 unspecified atom stereocenters. The summed E-state index contributed by atoms with van der Waals surface area (Å²) in [6.07, 6.45) is 24.2. The highest BCUT2D eigenvalue weighted by molar-refractivity contribution is 5.19. The zero-order chi connectivity index (χ0) is 21.5. The SMILES string of the molecule is CC(C)=CCC/C(C)=C/CC/C(C)=C/CCC1=CCC[C@@]2(C)CCC(C)(C)C[C@@H]12. The number of hydrogen-bond acceptors (Lipinski definition) is 0. The van der Waals surface area contributed by atoms with E-state index in [1.807, 2.05) is 0 Å². The highest BCUT2D eigenvalue weighted by Gasteiger charge is 2.44. The Hall–Kier alpha value is -1.04. The second kappa shape index (κ2) is 10.8. The monoisotopic (exact) mass is 396 g/mol. The Morgan fingerprint density at radius 2 is 1.48 bits per heavy atom. The van der Waals surface area contributed by atoms with Gasteiger partial charge in [-0.1, -0.05) is 67.4 Å². The molecule has 2 aliphatic carbocycles. The molecule has 0 N–H and O–H groups in total. The first-order chi connectivity index (χ1) is 13.6. The summed E-state index contributed by atoms with van der Waals surface area (Å²) < 4.78 is 0. The minimum atomic E-state index is 0.530. The van der Waals surface area contributed by atoms with Gasteiger partial charge in [-0.2, -0.15) is 0 Å². The molecule has 2 atom stereocenters. The number of hydrogen-bond donors (Lipinski definition) is 0. The van der Waals surface area contributed by atoms with Gasteiger partial charge in [-0.05, 0) is 115 Å². The van der Waals surface area contributed by atoms with Gasteiger partial charge >= 0.3 is 0 Å². The van der Waals surface area contributed by atoms with Crippen molar-refractivity contribution in [3.8, 4) is 0 Å². The van der Waals surface area contributed by atoms with Crippen molar-refractivity contribution in [2.45, 2.75) is 119 Å². The molecular weight excluding hydrogens is 348 g/mol. The molecule has 0 aromatic heterocycles. The van der Waals surface area contributed by atoms with Crippen LogP contribution < -0.4 is 0 Å². The quantitative estimate of drug-likeness (QED) is 0.340. The average molecular weight is 397 g/mol. The fourth-order valence-corrected chi connectivity index (χ4v) is 5.41. The van der Waals surface area contributed by atoms with Gasteiger partial charge in [0.25, 0.3) is 0 Å². The topological polar surface area (TPSA) is 0 Å². The van der Waals surface area contributed by atoms with Crippen molar-refractivity contribution in [3.63, 3.8) is 0 Å². The van der Waals surface area contributed by atoms with Gasteiger partial charge in [0.1, 0.15) is 0 Å². The van der Waals surface area contributed by atoms with Gasteiger partial charge in [0.05, 0.1) is 0 Å². The molecule has 0 radical (unpaired) electrons. The third-order valence-corrected chi connectivity index (χ3v) is 7.59. The lowest BCUT2D eigenvalue weighted by molar-refractivity contribution is 0.0465. The van der Waals surface area contributed by atoms with Crippen LogP contribution in [0.3, 0.4) is 0 Å². The van der Waals surface area contributed by atoms with E-state index in [4.69, 9.17) is 0 Å². The van der Waals surface area contributed by atoms with Gasteiger partial charge < -0.3 is 0 Å². The molecule has 0 bridgehead atoms. The van der Waals surface area contributed by atoms with Crippen LogP contribution in [0.15, 0.2) is 46.6 Å². The van der Waals surface area contributed by atoms with Crippen molar-refractivity contribution in [2.24, 2.45) is 16.7 Å². The second-order valence-electron chi connectivity index (χ2n) is 11.4. The fraction of sp³-hybridized carbons (Fsp3) is 0.724. The molecule has 2 aliphatic rings. The summed E-state index contributed by atoms with van der Waals surface area (Å²) in [5.74, 6) is 0.833. The molecule has 1 saturated carbocycles. The van der Waals surface area contributed by atoms with Gasteiger partial charge in [0.15, 0.2) is 0 Å². The molecule has 0 heterocycles. The van der Waals surface area contributed by atoms with E-state index >= 15 is 0 Å². The van der Waals surface area contributed by atoms with Crippen LogP contribution in [-0.2, 0) is 0 Å². The van der Waals surface area contributed by atoms with Crippen LogP contribution in [0.4, 0.5) is 0 Å². The Kier molecular flexibility index (Phi) is 9.05. The van der Waals surface area contributed by atoms with Crippen molar-refractivity contribution in [1.29, 1.82) is 0 Å². The van der Waals surface area contributed by atoms with Gasteiger partial charge in [0, 0.05) is 0 Å². The Morgan fingerprint density at radius 1 is 0.862 bits per heavy atom. The van der Waals surface area contributed by atoms with Gasteiger partial charge in [-0.15, -0.1) is 0 Å². The lowest BCUT2D eigenvalue weighted by Gasteiger charge is -2.51. The summed E-state index contributed by atoms with van der Waals surface area (Å²) >= 11 is 0. The largest absolute Gasteiger partial charge is 0.0856 e. The lowest BCUT2D eigenvalue weighted by atomic mass is 9.54. The fourth-order valence-electron chi connectivity index (χ4n) is 5.41. The van der Waals surface area contributed by atoms with Crippen molar-refractivity contribution in [3.05, 3.63) is 46.6 Å². The first-order valence-electron chi connectivity index (χ1n) is 12.2. The van der Waals surface area contributed by atoms with E-state index in [2.05, 4.69) is 72.8 Å². The molecule has 29 heavy (non-hydrogen) atoms. The summed E-state index contributed by atoms with van der Waals surface area (Å²) in [5, 5.41) is 0. The lowest BCUT2D eigenvalue weighted by Crippen LogP contribution is -2.40. The van der Waals surface area contributed by atoms with Gasteiger partial charge in [0.2, 0.25) is 0 Å². The molecular formula is C29H48. The minimum absolute atomic E-state index is 0.530. The highest BCUT2D eigenvalue weighted by Crippen LogP contribution is 2.56. The van der Waals surface area contributed by atoms with Gasteiger partial charge in [-0.3, -0.25) is 0 Å². The van der Waals surface area contributed by atoms with E-state index in [0.717, 1.165) is 5.92 Å². The second-order valence-corrected chi connectivity index (χ2v) is 11.4. The third-order valence-electron chi connectivity index (χ3n) is 7.59. The van der Waals surface area contributed by atoms with Crippen LogP contribution >= 0.6 is 0 Å². The number of allylic oxidation sites excluding steroid dienone is 8. The summed E-state index contributed by atoms with van der Waals surface area (Å²) in [5.41, 5.74) is 7.43. The van der Waals surface area contributed by atoms with Crippen LogP contribution in [0.5, 0.6) is 0 Å². The predicted molar refractivity (Wildman–Crippen MR) is 131 cm³/mol. The van der Waals surface area contributed by atoms with E-state index in [1.165, 1.54) is 76.2 Å². The van der Waals surface area contributed by atoms with Crippen LogP contribution in [0.25, 0.3) is 0 Å². The van der Waals surface area contributed by atoms with E-state index in [1.54, 1.807) is 16.7 Å². The molecule has 0 saturated heterocycles. The van der Waals surface area contributed by atoms with E-state index in [9.17, 15) is 0 Å². The molecule has 164 valence electrons. The minimum Gasteiger partial charge on any atom is -0.0856 e. The Bertz CT molecular complexity index is 648. The molecule has 0 amide bonds. The maximum Gasteiger partial charge on any atom is -0.0144 e. The molecule has 0 aromatic rings. The smallest absolute Gasteiger partial charge is 0.0144 e. The Morgan fingerprint density at radius 3 is 2.14 bits per heavy atom. The van der Waals surface area contributed by atoms with E-state index in [-0.39, 0.29) is 0 Å². The summed E-state index contributed by atoms with van der Waals surface area (Å²) in [6, 6.07) is 0. The molecule has 0 spiro atoms. The predicted octanol–water partition coefficient (Wildman–Crippen LogP) is 9.74. The van der Waals surface area contributed by atoms with Crippen molar-refractivity contribution in [2.75, 3.05) is 0 Å². The van der Waals surface area contributed by atoms with Crippen molar-refractivity contribution in [1.82, 2.24) is 0 Å². The maximum atomic E-state index is 2.61. The zero-order valence-electron chi connectivity index (χ0n) is 20.7. The molecule has 0 nitrogen and oxygen atoms in total. The normalized spacial score (nSPS) is 27.3. The summed E-state index contributed by atoms with van der Waals surface area (Å²) in [4.78, 5) is 0. The van der Waals surface area contributed by atoms with Crippen LogP contribution in [-0.4, -0.2) is 0 Å². The standard InChI is InChI=1S/C29H48/c1-23(2)12-8-13-24(3)14-9-15-25(4)16-10-17-26-18-11-19-29(7)21-20-28(5,6)22-27(26)29/h12,14,16,18,27H,8-11,13,15,17,19-22H2,1-7H3/b24-14+,25-16+/t27-,29-/m0/s1. The van der Waals surface area contributed by atoms with Gasteiger partial charge in [-0.25, -0.2) is 0 Å². The molecule has 0 heteroatoms. The summed E-state index contributed by atoms with van der Waals surface area (Å²) in [6.45, 7) is 16.5. The van der Waals surface area contributed by atoms with Crippen molar-refractivity contribution >= 4 is 0 Å². The average Bonchev–Trinajstić information content (AvgIpc) is 2.62. The Labute approximate surface area is 182 Å². The van der Waals surface area contributed by atoms with E-state index < -0.39 is 0 Å². The van der Waals surface area contributed by atoms with E-state index in [0.29, 0.717) is 10.8 Å². The number of rotatable bonds is 9. The maximum absolute atomic E-state index is 2.61. The number of fused-ring (bicyclic) bond motifs is 1. The first-order valence-corrected chi connectivity index (χ1v) is 12.2. The summed E-state index contributed by atoms with van der Waals surface area (Å²) in [7, 11) is 0. The molecule has 0 aromatic carbocycles.